The highest BCUT2D eigenvalue weighted by Crippen LogP contribution is 2.41. The van der Waals surface area contributed by atoms with Gasteiger partial charge < -0.3 is 9.47 Å². The molecule has 0 aromatic heterocycles. The highest BCUT2D eigenvalue weighted by molar-refractivity contribution is 7.92. The zero-order valence-electron chi connectivity index (χ0n) is 18.3. The summed E-state index contributed by atoms with van der Waals surface area (Å²) in [5.74, 6) is -1.51. The molecule has 0 fully saturated rings. The Labute approximate surface area is 188 Å². The summed E-state index contributed by atoms with van der Waals surface area (Å²) in [5.41, 5.74) is 2.68. The highest BCUT2D eigenvalue weighted by Gasteiger charge is 2.39. The van der Waals surface area contributed by atoms with Crippen LogP contribution in [0.5, 0.6) is 5.75 Å². The summed E-state index contributed by atoms with van der Waals surface area (Å²) >= 11 is 0. The molecule has 2 aromatic carbocycles. The second kappa shape index (κ2) is 9.99. The van der Waals surface area contributed by atoms with Gasteiger partial charge in [-0.05, 0) is 67.3 Å². The van der Waals surface area contributed by atoms with E-state index >= 15 is 0 Å². The summed E-state index contributed by atoms with van der Waals surface area (Å²) in [7, 11) is -3.43. The van der Waals surface area contributed by atoms with Gasteiger partial charge in [0.1, 0.15) is 11.7 Å². The molecule has 32 heavy (non-hydrogen) atoms. The fraction of sp³-hybridized carbons (Fsp3) is 0.333. The van der Waals surface area contributed by atoms with Crippen LogP contribution in [0.1, 0.15) is 37.3 Å². The van der Waals surface area contributed by atoms with Gasteiger partial charge in [-0.3, -0.25) is 14.3 Å². The molecule has 0 aliphatic heterocycles. The molecule has 0 amide bonds. The lowest BCUT2D eigenvalue weighted by molar-refractivity contribution is -0.151. The number of ether oxygens (including phenoxy) is 2. The van der Waals surface area contributed by atoms with Crippen molar-refractivity contribution in [2.75, 3.05) is 24.2 Å². The highest BCUT2D eigenvalue weighted by atomic mass is 32.2. The van der Waals surface area contributed by atoms with Gasteiger partial charge in [-0.25, -0.2) is 8.42 Å². The molecule has 2 aromatic rings. The van der Waals surface area contributed by atoms with E-state index in [1.54, 1.807) is 25.1 Å². The van der Waals surface area contributed by atoms with Crippen LogP contribution in [0.3, 0.4) is 0 Å². The van der Waals surface area contributed by atoms with Crippen molar-refractivity contribution in [1.29, 1.82) is 0 Å². The SMILES string of the molecule is CCOC(=O)[C@H]1C(=O)C=C(c2cccc(NS(C)(=O)=O)c2)C[C@H]1c1ccc(OCC)cc1. The van der Waals surface area contributed by atoms with E-state index in [0.717, 1.165) is 17.4 Å². The third-order valence-corrected chi connectivity index (χ3v) is 5.77. The van der Waals surface area contributed by atoms with E-state index in [1.807, 2.05) is 37.3 Å². The zero-order valence-corrected chi connectivity index (χ0v) is 19.1. The monoisotopic (exact) mass is 457 g/mol. The number of carbonyl (C=O) groups excluding carboxylic acids is 2. The average molecular weight is 458 g/mol. The first kappa shape index (κ1) is 23.5. The molecule has 3 rings (SSSR count). The van der Waals surface area contributed by atoms with Gasteiger partial charge in [-0.1, -0.05) is 24.3 Å². The van der Waals surface area contributed by atoms with Gasteiger partial charge in [0.15, 0.2) is 5.78 Å². The summed E-state index contributed by atoms with van der Waals surface area (Å²) in [4.78, 5) is 25.7. The number of benzene rings is 2. The first-order valence-electron chi connectivity index (χ1n) is 10.4. The first-order valence-corrected chi connectivity index (χ1v) is 12.3. The third-order valence-electron chi connectivity index (χ3n) is 5.16. The van der Waals surface area contributed by atoms with Crippen LogP contribution >= 0.6 is 0 Å². The Hall–Kier alpha value is -3.13. The van der Waals surface area contributed by atoms with Crippen LogP contribution in [-0.2, 0) is 24.3 Å². The van der Waals surface area contributed by atoms with Crippen molar-refractivity contribution in [3.63, 3.8) is 0 Å². The predicted molar refractivity (Wildman–Crippen MR) is 123 cm³/mol. The van der Waals surface area contributed by atoms with E-state index in [9.17, 15) is 18.0 Å². The lowest BCUT2D eigenvalue weighted by Gasteiger charge is -2.29. The minimum absolute atomic E-state index is 0.189. The Morgan fingerprint density at radius 3 is 2.44 bits per heavy atom. The predicted octanol–water partition coefficient (Wildman–Crippen LogP) is 3.78. The van der Waals surface area contributed by atoms with Crippen molar-refractivity contribution in [2.24, 2.45) is 5.92 Å². The van der Waals surface area contributed by atoms with Gasteiger partial charge >= 0.3 is 5.97 Å². The Kier molecular flexibility index (Phi) is 7.35. The molecule has 1 N–H and O–H groups in total. The normalized spacial score (nSPS) is 18.6. The second-order valence-electron chi connectivity index (χ2n) is 7.57. The van der Waals surface area contributed by atoms with E-state index in [2.05, 4.69) is 4.72 Å². The maximum atomic E-state index is 13.0. The summed E-state index contributed by atoms with van der Waals surface area (Å²) in [5, 5.41) is 0. The molecule has 0 spiro atoms. The number of carbonyl (C=O) groups is 2. The molecule has 1 aliphatic carbocycles. The first-order chi connectivity index (χ1) is 15.2. The zero-order chi connectivity index (χ0) is 23.3. The Morgan fingerprint density at radius 1 is 1.09 bits per heavy atom. The number of rotatable bonds is 8. The van der Waals surface area contributed by atoms with Gasteiger partial charge in [0.05, 0.1) is 19.5 Å². The number of hydrogen-bond donors (Lipinski definition) is 1. The summed E-state index contributed by atoms with van der Waals surface area (Å²) in [6.45, 7) is 4.33. The van der Waals surface area contributed by atoms with Crippen molar-refractivity contribution in [1.82, 2.24) is 0 Å². The standard InChI is InChI=1S/C24H27NO6S/c1-4-30-20-11-9-16(10-12-20)21-14-18(15-22(26)23(21)24(27)31-5-2)17-7-6-8-19(13-17)25-32(3,28)29/h6-13,15,21,23,25H,4-5,14H2,1-3H3/t21-,23+/m0/s1. The lowest BCUT2D eigenvalue weighted by Crippen LogP contribution is -2.34. The van der Waals surface area contributed by atoms with Crippen LogP contribution < -0.4 is 9.46 Å². The van der Waals surface area contributed by atoms with Crippen LogP contribution in [0.2, 0.25) is 0 Å². The molecule has 0 bridgehead atoms. The number of esters is 1. The second-order valence-corrected chi connectivity index (χ2v) is 9.32. The van der Waals surface area contributed by atoms with Crippen LogP contribution in [0.4, 0.5) is 5.69 Å². The summed E-state index contributed by atoms with van der Waals surface area (Å²) in [6.07, 6.45) is 2.96. The molecule has 8 heteroatoms. The largest absolute Gasteiger partial charge is 0.494 e. The lowest BCUT2D eigenvalue weighted by atomic mass is 9.73. The number of ketones is 1. The van der Waals surface area contributed by atoms with E-state index in [1.165, 1.54) is 6.08 Å². The van der Waals surface area contributed by atoms with Gasteiger partial charge in [0, 0.05) is 11.6 Å². The topological polar surface area (TPSA) is 98.8 Å². The molecule has 0 unspecified atom stereocenters. The molecular weight excluding hydrogens is 430 g/mol. The number of sulfonamides is 1. The average Bonchev–Trinajstić information content (AvgIpc) is 2.73. The molecule has 170 valence electrons. The number of hydrogen-bond acceptors (Lipinski definition) is 6. The fourth-order valence-electron chi connectivity index (χ4n) is 3.87. The maximum Gasteiger partial charge on any atom is 0.317 e. The summed E-state index contributed by atoms with van der Waals surface area (Å²) in [6, 6.07) is 14.2. The van der Waals surface area contributed by atoms with Gasteiger partial charge in [-0.15, -0.1) is 0 Å². The molecule has 0 heterocycles. The smallest absolute Gasteiger partial charge is 0.317 e. The quantitative estimate of drug-likeness (QED) is 0.479. The van der Waals surface area contributed by atoms with E-state index in [-0.39, 0.29) is 12.4 Å². The molecule has 0 saturated heterocycles. The minimum atomic E-state index is -3.43. The molecular formula is C24H27NO6S. The molecule has 7 nitrogen and oxygen atoms in total. The number of anilines is 1. The van der Waals surface area contributed by atoms with Crippen molar-refractivity contribution < 1.29 is 27.5 Å². The van der Waals surface area contributed by atoms with Gasteiger partial charge in [-0.2, -0.15) is 0 Å². The fourth-order valence-corrected chi connectivity index (χ4v) is 4.43. The van der Waals surface area contributed by atoms with Crippen LogP contribution in [0.25, 0.3) is 5.57 Å². The van der Waals surface area contributed by atoms with E-state index in [0.29, 0.717) is 30.0 Å². The molecule has 2 atom stereocenters. The van der Waals surface area contributed by atoms with Crippen molar-refractivity contribution in [2.45, 2.75) is 26.2 Å². The third kappa shape index (κ3) is 5.76. The van der Waals surface area contributed by atoms with Crippen molar-refractivity contribution in [3.8, 4) is 5.75 Å². The van der Waals surface area contributed by atoms with Crippen LogP contribution in [-0.4, -0.2) is 39.6 Å². The van der Waals surface area contributed by atoms with E-state index in [4.69, 9.17) is 9.47 Å². The van der Waals surface area contributed by atoms with Gasteiger partial charge in [0.25, 0.3) is 0 Å². The molecule has 0 radical (unpaired) electrons. The molecule has 1 aliphatic rings. The Bertz CT molecular complexity index is 1120. The minimum Gasteiger partial charge on any atom is -0.494 e. The van der Waals surface area contributed by atoms with Crippen LogP contribution in [0.15, 0.2) is 54.6 Å². The Balaban J connectivity index is 1.98. The Morgan fingerprint density at radius 2 is 1.81 bits per heavy atom. The number of nitrogens with one attached hydrogen (secondary N) is 1. The maximum absolute atomic E-state index is 13.0. The molecule has 0 saturated carbocycles. The number of allylic oxidation sites excluding steroid dienone is 2. The van der Waals surface area contributed by atoms with Gasteiger partial charge in [0.2, 0.25) is 10.0 Å². The van der Waals surface area contributed by atoms with Crippen LogP contribution in [0, 0.1) is 5.92 Å². The van der Waals surface area contributed by atoms with Crippen molar-refractivity contribution in [3.05, 3.63) is 65.7 Å². The van der Waals surface area contributed by atoms with Crippen molar-refractivity contribution >= 4 is 33.0 Å². The van der Waals surface area contributed by atoms with E-state index < -0.39 is 27.8 Å². The summed E-state index contributed by atoms with van der Waals surface area (Å²) < 4.78 is 36.3.